The van der Waals surface area contributed by atoms with Crippen LogP contribution in [0, 0.1) is 5.92 Å². The molecule has 3 aliphatic rings. The molecule has 0 aliphatic carbocycles. The van der Waals surface area contributed by atoms with Crippen LogP contribution in [0.1, 0.15) is 89.3 Å². The fourth-order valence-corrected chi connectivity index (χ4v) is 7.22. The summed E-state index contributed by atoms with van der Waals surface area (Å²) < 4.78 is 13.0. The molecule has 0 spiro atoms. The van der Waals surface area contributed by atoms with Crippen molar-refractivity contribution in [1.29, 1.82) is 0 Å². The molecular formula is C37H44N6O8. The lowest BCUT2D eigenvalue weighted by Gasteiger charge is -2.35. The lowest BCUT2D eigenvalue weighted by Crippen LogP contribution is -2.49. The Bertz CT molecular complexity index is 2000. The fourth-order valence-electron chi connectivity index (χ4n) is 7.22. The summed E-state index contributed by atoms with van der Waals surface area (Å²) in [5.41, 5.74) is 8.39. The highest BCUT2D eigenvalue weighted by Gasteiger charge is 2.50. The van der Waals surface area contributed by atoms with Crippen molar-refractivity contribution in [2.45, 2.75) is 103 Å². The average Bonchev–Trinajstić information content (AvgIpc) is 3.47. The molecule has 270 valence electrons. The highest BCUT2D eigenvalue weighted by Crippen LogP contribution is 2.47. The van der Waals surface area contributed by atoms with Gasteiger partial charge in [-0.1, -0.05) is 46.6 Å². The summed E-state index contributed by atoms with van der Waals surface area (Å²) in [7, 11) is 0. The van der Waals surface area contributed by atoms with Crippen molar-refractivity contribution < 1.29 is 33.8 Å². The van der Waals surface area contributed by atoms with E-state index < -0.39 is 47.9 Å². The number of carbonyl (C=O) groups is 4. The van der Waals surface area contributed by atoms with Gasteiger partial charge in [-0.3, -0.25) is 14.4 Å². The number of aromatic nitrogens is 2. The smallest absolute Gasteiger partial charge is 0.355 e. The first kappa shape index (κ1) is 35.7. The Hall–Kier alpha value is -5.11. The Balaban J connectivity index is 1.33. The number of nitrogens with two attached hydrogens (primary N) is 1. The number of amides is 1. The van der Waals surface area contributed by atoms with E-state index in [0.29, 0.717) is 17.8 Å². The number of esters is 2. The van der Waals surface area contributed by atoms with Crippen molar-refractivity contribution in [2.75, 3.05) is 11.4 Å². The van der Waals surface area contributed by atoms with E-state index in [2.05, 4.69) is 17.1 Å². The Morgan fingerprint density at radius 1 is 1.16 bits per heavy atom. The molecule has 0 saturated carbocycles. The first-order chi connectivity index (χ1) is 24.4. The van der Waals surface area contributed by atoms with Gasteiger partial charge >= 0.3 is 17.9 Å². The lowest BCUT2D eigenvalue weighted by atomic mass is 9.85. The van der Waals surface area contributed by atoms with Crippen LogP contribution in [-0.2, 0) is 47.4 Å². The third-order valence-corrected chi connectivity index (χ3v) is 9.86. The zero-order chi connectivity index (χ0) is 36.6. The number of hydrogen-bond acceptors (Lipinski definition) is 11. The summed E-state index contributed by atoms with van der Waals surface area (Å²) in [6, 6.07) is 5.11. The number of rotatable bonds is 14. The highest BCUT2D eigenvalue weighted by molar-refractivity contribution is 6.11. The van der Waals surface area contributed by atoms with E-state index in [1.54, 1.807) is 17.6 Å². The first-order valence-corrected chi connectivity index (χ1v) is 17.6. The summed E-state index contributed by atoms with van der Waals surface area (Å²) in [5.74, 6) is -3.59. The zero-order valence-electron chi connectivity index (χ0n) is 29.4. The van der Waals surface area contributed by atoms with Crippen LogP contribution in [0.5, 0.6) is 0 Å². The number of carboxylic acid groups (broad SMARTS) is 1. The summed E-state index contributed by atoms with van der Waals surface area (Å²) in [4.78, 5) is 77.4. The number of carboxylic acids is 1. The van der Waals surface area contributed by atoms with Gasteiger partial charge in [-0.05, 0) is 49.8 Å². The van der Waals surface area contributed by atoms with Crippen LogP contribution in [-0.4, -0.2) is 63.4 Å². The second-order valence-electron chi connectivity index (χ2n) is 13.8. The quantitative estimate of drug-likeness (QED) is 0.127. The van der Waals surface area contributed by atoms with Gasteiger partial charge in [0.1, 0.15) is 12.6 Å². The van der Waals surface area contributed by atoms with Crippen molar-refractivity contribution in [1.82, 2.24) is 14.9 Å². The third kappa shape index (κ3) is 6.48. The molecule has 0 bridgehead atoms. The van der Waals surface area contributed by atoms with Crippen LogP contribution in [0.25, 0.3) is 22.3 Å². The van der Waals surface area contributed by atoms with Crippen molar-refractivity contribution in [3.8, 4) is 11.4 Å². The van der Waals surface area contributed by atoms with E-state index in [0.717, 1.165) is 53.6 Å². The second kappa shape index (κ2) is 14.3. The number of benzene rings is 1. The zero-order valence-corrected chi connectivity index (χ0v) is 29.4. The number of hydrogen-bond donors (Lipinski definition) is 3. The maximum Gasteiger partial charge on any atom is 0.355 e. The summed E-state index contributed by atoms with van der Waals surface area (Å²) in [6.45, 7) is 8.26. The van der Waals surface area contributed by atoms with Crippen molar-refractivity contribution in [3.05, 3.63) is 51.3 Å². The number of fused-ring (bicyclic) bond motifs is 5. The summed E-state index contributed by atoms with van der Waals surface area (Å²) in [5, 5.41) is 13.1. The van der Waals surface area contributed by atoms with Crippen LogP contribution >= 0.6 is 0 Å². The minimum atomic E-state index is -1.96. The number of aliphatic carboxylic acids is 1. The largest absolute Gasteiger partial charge is 0.480 e. The molecule has 5 heterocycles. The molecule has 6 rings (SSSR count). The Labute approximate surface area is 295 Å². The number of unbranched alkanes of at least 4 members (excludes halogenated alkanes) is 2. The van der Waals surface area contributed by atoms with Crippen LogP contribution in [0.4, 0.5) is 11.4 Å². The minimum absolute atomic E-state index is 0.0507. The second-order valence-corrected chi connectivity index (χ2v) is 13.8. The van der Waals surface area contributed by atoms with Crippen molar-refractivity contribution >= 4 is 52.4 Å². The van der Waals surface area contributed by atoms with Gasteiger partial charge < -0.3 is 35.1 Å². The van der Waals surface area contributed by atoms with Crippen LogP contribution in [0.2, 0.25) is 0 Å². The van der Waals surface area contributed by atoms with E-state index in [9.17, 15) is 29.1 Å². The van der Waals surface area contributed by atoms with Crippen molar-refractivity contribution in [2.24, 2.45) is 16.6 Å². The monoisotopic (exact) mass is 700 g/mol. The Morgan fingerprint density at radius 3 is 2.65 bits per heavy atom. The van der Waals surface area contributed by atoms with E-state index in [4.69, 9.17) is 25.2 Å². The standard InChI is InChI=1S/C37H44N6O8/c1-5-7-8-14-42-19-39-25-10-9-11-26-30(25)32(42)21-17-43-28(31(21)40-26)16-23-22(34(43)46)18-50-36(49)37(23,6-2)51-29(44)13-12-27(35(47)48)41-33(45)24(38)15-20(3)4/h9-11,16,19-20,24,27H,5-8,12-15,17-18,38H2,1-4H3,(H,41,45)(H,47,48)/t24-,27+,37-/m0/s1. The summed E-state index contributed by atoms with van der Waals surface area (Å²) >= 11 is 0. The van der Waals surface area contributed by atoms with Gasteiger partial charge in [0.05, 0.1) is 58.2 Å². The average molecular weight is 701 g/mol. The number of nitrogens with one attached hydrogen (secondary N) is 1. The molecule has 0 radical (unpaired) electrons. The van der Waals surface area contributed by atoms with Gasteiger partial charge in [0.25, 0.3) is 5.56 Å². The van der Waals surface area contributed by atoms with Crippen molar-refractivity contribution in [3.63, 3.8) is 0 Å². The van der Waals surface area contributed by atoms with Gasteiger partial charge in [0.15, 0.2) is 0 Å². The fraction of sp³-hybridized carbons (Fsp3) is 0.486. The molecule has 3 aromatic rings. The molecule has 2 aromatic heterocycles. The van der Waals surface area contributed by atoms with Gasteiger partial charge in [-0.15, -0.1) is 0 Å². The van der Waals surface area contributed by atoms with Gasteiger partial charge in [-0.25, -0.2) is 19.6 Å². The van der Waals surface area contributed by atoms with E-state index >= 15 is 0 Å². The first-order valence-electron chi connectivity index (χ1n) is 17.6. The molecular weight excluding hydrogens is 656 g/mol. The van der Waals surface area contributed by atoms with Gasteiger partial charge in [0.2, 0.25) is 11.5 Å². The molecule has 0 fully saturated rings. The predicted octanol–water partition coefficient (Wildman–Crippen LogP) is 4.02. The number of aliphatic imine (C=N–C) groups is 1. The lowest BCUT2D eigenvalue weighted by molar-refractivity contribution is -0.189. The van der Waals surface area contributed by atoms with Gasteiger partial charge in [-0.2, -0.15) is 0 Å². The normalized spacial score (nSPS) is 18.2. The number of nitrogens with zero attached hydrogens (tertiary/aromatic N) is 4. The third-order valence-electron chi connectivity index (χ3n) is 9.86. The number of pyridine rings is 2. The molecule has 3 aliphatic heterocycles. The molecule has 3 atom stereocenters. The molecule has 0 saturated heterocycles. The number of ether oxygens (including phenoxy) is 2. The maximum atomic E-state index is 14.2. The van der Waals surface area contributed by atoms with Crippen LogP contribution in [0.15, 0.2) is 34.1 Å². The maximum absolute atomic E-state index is 14.2. The highest BCUT2D eigenvalue weighted by atomic mass is 16.6. The number of cyclic esters (lactones) is 1. The van der Waals surface area contributed by atoms with E-state index in [-0.39, 0.29) is 48.6 Å². The number of carbonyl (C=O) groups excluding carboxylic acids is 3. The van der Waals surface area contributed by atoms with E-state index in [1.165, 1.54) is 0 Å². The molecule has 1 aromatic carbocycles. The molecule has 14 nitrogen and oxygen atoms in total. The predicted molar refractivity (Wildman–Crippen MR) is 190 cm³/mol. The molecule has 14 heteroatoms. The minimum Gasteiger partial charge on any atom is -0.480 e. The Kier molecular flexibility index (Phi) is 9.98. The van der Waals surface area contributed by atoms with Crippen LogP contribution < -0.4 is 21.5 Å². The number of anilines is 1. The van der Waals surface area contributed by atoms with Gasteiger partial charge in [0, 0.05) is 24.1 Å². The molecule has 0 unspecified atom stereocenters. The molecule has 51 heavy (non-hydrogen) atoms. The molecule has 4 N–H and O–H groups in total. The van der Waals surface area contributed by atoms with E-state index in [1.807, 2.05) is 38.4 Å². The summed E-state index contributed by atoms with van der Waals surface area (Å²) in [6.07, 6.45) is 4.46. The van der Waals surface area contributed by atoms with Crippen LogP contribution in [0.3, 0.4) is 0 Å². The SMILES string of the molecule is CCCCCN1C=Nc2cccc3nc4c(c1c23)Cn1c-4cc2c(c1=O)COC(=O)[C@@]2(CC)OC(=O)CC[C@@H](NC(=O)[C@@H](N)CC(C)C)C(=O)O. The molecule has 1 amide bonds. The Morgan fingerprint density at radius 2 is 1.94 bits per heavy atom. The topological polar surface area (TPSA) is 196 Å².